The lowest BCUT2D eigenvalue weighted by Crippen LogP contribution is -2.31. The molecule has 1 saturated carbocycles. The minimum atomic E-state index is -0.200. The first-order chi connectivity index (χ1) is 10.1. The molecule has 1 aliphatic carbocycles. The molecule has 114 valence electrons. The van der Waals surface area contributed by atoms with Gasteiger partial charge in [0, 0.05) is 24.7 Å². The normalized spacial score (nSPS) is 13.5. The first kappa shape index (κ1) is 15.2. The first-order valence-corrected chi connectivity index (χ1v) is 7.18. The molecule has 0 saturated heterocycles. The highest BCUT2D eigenvalue weighted by Crippen LogP contribution is 2.18. The van der Waals surface area contributed by atoms with Crippen LogP contribution in [0.4, 0.5) is 5.69 Å². The molecule has 21 heavy (non-hydrogen) atoms. The monoisotopic (exact) mass is 291 g/mol. The van der Waals surface area contributed by atoms with Crippen molar-refractivity contribution in [2.45, 2.75) is 31.7 Å². The van der Waals surface area contributed by atoms with Gasteiger partial charge in [-0.25, -0.2) is 0 Å². The van der Waals surface area contributed by atoms with Gasteiger partial charge in [-0.2, -0.15) is 0 Å². The molecule has 0 radical (unpaired) electrons. The van der Waals surface area contributed by atoms with E-state index in [2.05, 4.69) is 10.6 Å². The van der Waals surface area contributed by atoms with Gasteiger partial charge in [-0.15, -0.1) is 0 Å². The van der Waals surface area contributed by atoms with Gasteiger partial charge in [0.25, 0.3) is 5.91 Å². The zero-order valence-corrected chi connectivity index (χ0v) is 11.9. The van der Waals surface area contributed by atoms with Crippen LogP contribution in [-0.4, -0.2) is 31.0 Å². The predicted molar refractivity (Wildman–Crippen MR) is 79.8 cm³/mol. The summed E-state index contributed by atoms with van der Waals surface area (Å²) in [7, 11) is 0. The summed E-state index contributed by atoms with van der Waals surface area (Å²) in [5, 5.41) is 5.63. The van der Waals surface area contributed by atoms with E-state index in [0.717, 1.165) is 12.8 Å². The molecule has 2 rings (SSSR count). The molecule has 1 aromatic rings. The number of carbonyl (C=O) groups excluding carboxylic acids is 2. The Hall–Kier alpha value is -2.24. The molecule has 4 N–H and O–H groups in total. The van der Waals surface area contributed by atoms with Gasteiger partial charge in [0.2, 0.25) is 5.91 Å². The van der Waals surface area contributed by atoms with Crippen LogP contribution in [0.5, 0.6) is 5.75 Å². The summed E-state index contributed by atoms with van der Waals surface area (Å²) in [6.07, 6.45) is 3.25. The number of rotatable bonds is 8. The summed E-state index contributed by atoms with van der Waals surface area (Å²) in [5.41, 5.74) is 6.20. The van der Waals surface area contributed by atoms with Crippen LogP contribution >= 0.6 is 0 Å². The minimum Gasteiger partial charge on any atom is -0.484 e. The number of anilines is 1. The maximum absolute atomic E-state index is 11.6. The number of nitrogen functional groups attached to an aromatic ring is 1. The van der Waals surface area contributed by atoms with E-state index >= 15 is 0 Å². The fourth-order valence-electron chi connectivity index (χ4n) is 1.77. The number of amides is 2. The van der Waals surface area contributed by atoms with Crippen LogP contribution in [0.1, 0.15) is 25.7 Å². The average Bonchev–Trinajstić information content (AvgIpc) is 3.27. The van der Waals surface area contributed by atoms with Crippen molar-refractivity contribution in [2.24, 2.45) is 0 Å². The Morgan fingerprint density at radius 2 is 1.90 bits per heavy atom. The van der Waals surface area contributed by atoms with Gasteiger partial charge in [0.05, 0.1) is 0 Å². The Morgan fingerprint density at radius 3 is 2.57 bits per heavy atom. The largest absolute Gasteiger partial charge is 0.484 e. The first-order valence-electron chi connectivity index (χ1n) is 7.18. The van der Waals surface area contributed by atoms with Gasteiger partial charge in [-0.1, -0.05) is 0 Å². The highest BCUT2D eigenvalue weighted by Gasteiger charge is 2.22. The van der Waals surface area contributed by atoms with E-state index < -0.39 is 0 Å². The number of hydrogen-bond acceptors (Lipinski definition) is 4. The van der Waals surface area contributed by atoms with E-state index in [1.165, 1.54) is 0 Å². The van der Waals surface area contributed by atoms with Gasteiger partial charge < -0.3 is 21.1 Å². The quantitative estimate of drug-likeness (QED) is 0.488. The smallest absolute Gasteiger partial charge is 0.257 e. The second-order valence-corrected chi connectivity index (χ2v) is 5.15. The second kappa shape index (κ2) is 7.52. The third kappa shape index (κ3) is 6.16. The summed E-state index contributed by atoms with van der Waals surface area (Å²) in [6.45, 7) is 0.431. The Morgan fingerprint density at radius 1 is 1.19 bits per heavy atom. The molecule has 0 unspecified atom stereocenters. The number of nitrogens with two attached hydrogens (primary N) is 1. The van der Waals surface area contributed by atoms with Gasteiger partial charge in [-0.3, -0.25) is 9.59 Å². The Bertz CT molecular complexity index is 483. The molecule has 0 aliphatic heterocycles. The lowest BCUT2D eigenvalue weighted by molar-refractivity contribution is -0.124. The van der Waals surface area contributed by atoms with E-state index in [9.17, 15) is 9.59 Å². The van der Waals surface area contributed by atoms with E-state index in [-0.39, 0.29) is 18.4 Å². The molecule has 1 fully saturated rings. The van der Waals surface area contributed by atoms with Crippen LogP contribution in [0, 0.1) is 0 Å². The molecule has 2 amide bonds. The lowest BCUT2D eigenvalue weighted by atomic mass is 10.3. The predicted octanol–water partition coefficient (Wildman–Crippen LogP) is 0.823. The third-order valence-corrected chi connectivity index (χ3v) is 3.10. The number of nitrogens with one attached hydrogen (secondary N) is 2. The molecular formula is C15H21N3O3. The molecule has 6 heteroatoms. The van der Waals surface area contributed by atoms with Crippen LogP contribution in [0.3, 0.4) is 0 Å². The zero-order chi connectivity index (χ0) is 15.1. The van der Waals surface area contributed by atoms with Crippen molar-refractivity contribution >= 4 is 17.5 Å². The van der Waals surface area contributed by atoms with Crippen LogP contribution in [0.25, 0.3) is 0 Å². The average molecular weight is 291 g/mol. The van der Waals surface area contributed by atoms with Crippen molar-refractivity contribution in [3.05, 3.63) is 24.3 Å². The number of benzene rings is 1. The van der Waals surface area contributed by atoms with Crippen molar-refractivity contribution in [3.8, 4) is 5.75 Å². The summed E-state index contributed by atoms with van der Waals surface area (Å²) >= 11 is 0. The topological polar surface area (TPSA) is 93.4 Å². The number of carbonyl (C=O) groups is 2. The minimum absolute atomic E-state index is 0.0435. The zero-order valence-electron chi connectivity index (χ0n) is 11.9. The van der Waals surface area contributed by atoms with Crippen molar-refractivity contribution in [1.29, 1.82) is 0 Å². The fraction of sp³-hybridized carbons (Fsp3) is 0.467. The summed E-state index contributed by atoms with van der Waals surface area (Å²) in [4.78, 5) is 23.0. The molecule has 0 aromatic heterocycles. The summed E-state index contributed by atoms with van der Waals surface area (Å²) in [5.74, 6) is 0.461. The summed E-state index contributed by atoms with van der Waals surface area (Å²) < 4.78 is 5.31. The van der Waals surface area contributed by atoms with Crippen molar-refractivity contribution in [2.75, 3.05) is 18.9 Å². The molecule has 6 nitrogen and oxygen atoms in total. The van der Waals surface area contributed by atoms with E-state index in [1.807, 2.05) is 0 Å². The fourth-order valence-corrected chi connectivity index (χ4v) is 1.77. The third-order valence-electron chi connectivity index (χ3n) is 3.10. The second-order valence-electron chi connectivity index (χ2n) is 5.15. The highest BCUT2D eigenvalue weighted by atomic mass is 16.5. The van der Waals surface area contributed by atoms with Gasteiger partial charge in [-0.05, 0) is 43.5 Å². The van der Waals surface area contributed by atoms with Crippen molar-refractivity contribution in [3.63, 3.8) is 0 Å². The Labute approximate surface area is 124 Å². The van der Waals surface area contributed by atoms with Crippen molar-refractivity contribution in [1.82, 2.24) is 10.6 Å². The lowest BCUT2D eigenvalue weighted by Gasteiger charge is -2.08. The summed E-state index contributed by atoms with van der Waals surface area (Å²) in [6, 6.07) is 7.24. The molecule has 0 heterocycles. The van der Waals surface area contributed by atoms with Crippen LogP contribution in [0.15, 0.2) is 24.3 Å². The molecule has 1 aromatic carbocycles. The maximum atomic E-state index is 11.6. The molecule has 0 spiro atoms. The Balaban J connectivity index is 1.52. The van der Waals surface area contributed by atoms with Gasteiger partial charge in [0.1, 0.15) is 5.75 Å². The van der Waals surface area contributed by atoms with Crippen LogP contribution in [0.2, 0.25) is 0 Å². The number of hydrogen-bond donors (Lipinski definition) is 3. The van der Waals surface area contributed by atoms with Crippen LogP contribution < -0.4 is 21.1 Å². The van der Waals surface area contributed by atoms with Crippen molar-refractivity contribution < 1.29 is 14.3 Å². The highest BCUT2D eigenvalue weighted by molar-refractivity contribution is 5.78. The van der Waals surface area contributed by atoms with E-state index in [0.29, 0.717) is 36.9 Å². The number of ether oxygens (including phenoxy) is 1. The van der Waals surface area contributed by atoms with Crippen LogP contribution in [-0.2, 0) is 9.59 Å². The maximum Gasteiger partial charge on any atom is 0.257 e. The van der Waals surface area contributed by atoms with Gasteiger partial charge >= 0.3 is 0 Å². The SMILES string of the molecule is Nc1ccc(OCC(=O)NCCCC(=O)NC2CC2)cc1. The van der Waals surface area contributed by atoms with E-state index in [1.54, 1.807) is 24.3 Å². The standard InChI is InChI=1S/C15H21N3O3/c16-11-3-7-13(8-4-11)21-10-15(20)17-9-1-2-14(19)18-12-5-6-12/h3-4,7-8,12H,1-2,5-6,9-10,16H2,(H,17,20)(H,18,19). The Kier molecular flexibility index (Phi) is 5.43. The van der Waals surface area contributed by atoms with E-state index in [4.69, 9.17) is 10.5 Å². The molecule has 0 bridgehead atoms. The van der Waals surface area contributed by atoms with Gasteiger partial charge in [0.15, 0.2) is 6.61 Å². The molecule has 0 atom stereocenters. The molecule has 1 aliphatic rings. The molecular weight excluding hydrogens is 270 g/mol.